The van der Waals surface area contributed by atoms with Crippen molar-refractivity contribution >= 4 is 21.9 Å². The summed E-state index contributed by atoms with van der Waals surface area (Å²) in [6, 6.07) is -0.967. The summed E-state index contributed by atoms with van der Waals surface area (Å²) in [6.45, 7) is 3.58. The lowest BCUT2D eigenvalue weighted by Gasteiger charge is -2.26. The Balaban J connectivity index is 2.44. The molecule has 1 amide bonds. The van der Waals surface area contributed by atoms with Gasteiger partial charge < -0.3 is 10.1 Å². The third-order valence-electron chi connectivity index (χ3n) is 3.62. The van der Waals surface area contributed by atoms with Crippen molar-refractivity contribution in [1.82, 2.24) is 10.0 Å². The first-order valence-electron chi connectivity index (χ1n) is 7.10. The Morgan fingerprint density at radius 1 is 1.24 bits per heavy atom. The summed E-state index contributed by atoms with van der Waals surface area (Å²) in [5, 5.41) is 2.30. The summed E-state index contributed by atoms with van der Waals surface area (Å²) < 4.78 is 30.9. The predicted octanol–water partition coefficient (Wildman–Crippen LogP) is 0.162. The zero-order valence-electron chi connectivity index (χ0n) is 12.7. The Morgan fingerprint density at radius 2 is 1.81 bits per heavy atom. The second-order valence-corrected chi connectivity index (χ2v) is 7.40. The van der Waals surface area contributed by atoms with Gasteiger partial charge in [-0.3, -0.25) is 4.79 Å². The van der Waals surface area contributed by atoms with Crippen molar-refractivity contribution < 1.29 is 22.7 Å². The van der Waals surface area contributed by atoms with Gasteiger partial charge in [-0.2, -0.15) is 0 Å². The molecule has 0 saturated heterocycles. The van der Waals surface area contributed by atoms with Crippen LogP contribution in [0, 0.1) is 5.92 Å². The van der Waals surface area contributed by atoms with E-state index in [0.717, 1.165) is 25.7 Å². The Morgan fingerprint density at radius 3 is 2.33 bits per heavy atom. The van der Waals surface area contributed by atoms with Crippen molar-refractivity contribution in [2.45, 2.75) is 51.6 Å². The van der Waals surface area contributed by atoms with E-state index in [1.54, 1.807) is 0 Å². The van der Waals surface area contributed by atoms with Crippen LogP contribution in [0.1, 0.15) is 39.5 Å². The van der Waals surface area contributed by atoms with Crippen LogP contribution >= 0.6 is 0 Å². The average molecular weight is 320 g/mol. The molecule has 0 heterocycles. The van der Waals surface area contributed by atoms with Crippen LogP contribution in [-0.4, -0.2) is 45.2 Å². The number of carbonyl (C=O) groups excluding carboxylic acids is 2. The van der Waals surface area contributed by atoms with E-state index in [2.05, 4.69) is 21.7 Å². The highest BCUT2D eigenvalue weighted by Gasteiger charge is 2.26. The summed E-state index contributed by atoms with van der Waals surface area (Å²) in [4.78, 5) is 22.8. The molecule has 7 nitrogen and oxygen atoms in total. The highest BCUT2D eigenvalue weighted by atomic mass is 32.2. The van der Waals surface area contributed by atoms with E-state index < -0.39 is 33.7 Å². The van der Waals surface area contributed by atoms with Crippen LogP contribution in [0.25, 0.3) is 0 Å². The summed E-state index contributed by atoms with van der Waals surface area (Å²) >= 11 is 0. The number of hydrogen-bond acceptors (Lipinski definition) is 5. The molecule has 1 saturated carbocycles. The number of carbonyl (C=O) groups is 2. The largest absolute Gasteiger partial charge is 0.467 e. The molecule has 0 aromatic rings. The van der Waals surface area contributed by atoms with Crippen molar-refractivity contribution in [2.24, 2.45) is 5.92 Å². The zero-order chi connectivity index (χ0) is 16.0. The van der Waals surface area contributed by atoms with E-state index in [1.807, 2.05) is 0 Å². The Bertz CT molecular complexity index is 469. The minimum atomic E-state index is -3.69. The van der Waals surface area contributed by atoms with Gasteiger partial charge in [0.25, 0.3) is 0 Å². The fourth-order valence-electron chi connectivity index (χ4n) is 2.36. The molecule has 0 unspecified atom stereocenters. The van der Waals surface area contributed by atoms with Crippen molar-refractivity contribution in [1.29, 1.82) is 0 Å². The summed E-state index contributed by atoms with van der Waals surface area (Å²) in [6.07, 6.45) is 3.55. The summed E-state index contributed by atoms with van der Waals surface area (Å²) in [7, 11) is -2.49. The van der Waals surface area contributed by atoms with Gasteiger partial charge in [0.05, 0.1) is 7.11 Å². The maximum absolute atomic E-state index is 11.9. The maximum Gasteiger partial charge on any atom is 0.328 e. The molecule has 0 aromatic heterocycles. The van der Waals surface area contributed by atoms with Gasteiger partial charge in [-0.15, -0.1) is 0 Å². The van der Waals surface area contributed by atoms with Crippen molar-refractivity contribution in [3.63, 3.8) is 0 Å². The lowest BCUT2D eigenvalue weighted by Crippen LogP contribution is -2.46. The number of hydrogen-bond donors (Lipinski definition) is 2. The van der Waals surface area contributed by atoms with Gasteiger partial charge in [0.15, 0.2) is 0 Å². The van der Waals surface area contributed by atoms with Gasteiger partial charge in [-0.1, -0.05) is 6.92 Å². The van der Waals surface area contributed by atoms with Gasteiger partial charge in [0.1, 0.15) is 11.8 Å². The van der Waals surface area contributed by atoms with E-state index in [0.29, 0.717) is 5.92 Å². The van der Waals surface area contributed by atoms with Crippen LogP contribution in [0.3, 0.4) is 0 Å². The molecule has 1 fully saturated rings. The Labute approximate surface area is 125 Å². The second kappa shape index (κ2) is 7.74. The monoisotopic (exact) mass is 320 g/mol. The predicted molar refractivity (Wildman–Crippen MR) is 78.0 cm³/mol. The molecule has 0 radical (unpaired) electrons. The quantitative estimate of drug-likeness (QED) is 0.679. The molecule has 21 heavy (non-hydrogen) atoms. The Hall–Kier alpha value is -1.15. The molecule has 0 aromatic carbocycles. The van der Waals surface area contributed by atoms with Gasteiger partial charge in [-0.05, 0) is 38.5 Å². The third kappa shape index (κ3) is 6.43. The van der Waals surface area contributed by atoms with Crippen LogP contribution in [0.5, 0.6) is 0 Å². The zero-order valence-corrected chi connectivity index (χ0v) is 13.5. The highest BCUT2D eigenvalue weighted by molar-refractivity contribution is 7.90. The molecular formula is C13H24N2O5S. The molecule has 1 aliphatic carbocycles. The minimum absolute atomic E-state index is 0.1000. The molecule has 8 heteroatoms. The lowest BCUT2D eigenvalue weighted by atomic mass is 9.88. The van der Waals surface area contributed by atoms with Crippen LogP contribution in [0.4, 0.5) is 0 Å². The van der Waals surface area contributed by atoms with Gasteiger partial charge >= 0.3 is 5.97 Å². The van der Waals surface area contributed by atoms with Crippen molar-refractivity contribution in [2.75, 3.05) is 12.9 Å². The van der Waals surface area contributed by atoms with Crippen molar-refractivity contribution in [3.05, 3.63) is 0 Å². The fourth-order valence-corrected chi connectivity index (χ4v) is 3.62. The Kier molecular flexibility index (Phi) is 6.60. The lowest BCUT2D eigenvalue weighted by molar-refractivity contribution is -0.144. The molecule has 2 N–H and O–H groups in total. The number of nitrogens with one attached hydrogen (secondary N) is 2. The van der Waals surface area contributed by atoms with Crippen LogP contribution in [-0.2, 0) is 24.3 Å². The van der Waals surface area contributed by atoms with Gasteiger partial charge in [0.2, 0.25) is 15.9 Å². The van der Waals surface area contributed by atoms with Gasteiger partial charge in [0, 0.05) is 6.04 Å². The van der Waals surface area contributed by atoms with Crippen LogP contribution < -0.4 is 10.0 Å². The normalized spacial score (nSPS) is 24.1. The van der Waals surface area contributed by atoms with Gasteiger partial charge in [-0.25, -0.2) is 17.9 Å². The SMILES string of the molecule is COC(=O)[C@@H](C)NC(=O)CS(=O)(=O)NC1CCC(C)CC1. The van der Waals surface area contributed by atoms with E-state index in [-0.39, 0.29) is 6.04 Å². The van der Waals surface area contributed by atoms with Crippen LogP contribution in [0.2, 0.25) is 0 Å². The number of methoxy groups -OCH3 is 1. The molecule has 0 aliphatic heterocycles. The number of rotatable bonds is 6. The topological polar surface area (TPSA) is 102 Å². The van der Waals surface area contributed by atoms with Crippen LogP contribution in [0.15, 0.2) is 0 Å². The average Bonchev–Trinajstić information content (AvgIpc) is 2.39. The number of sulfonamides is 1. The highest BCUT2D eigenvalue weighted by Crippen LogP contribution is 2.23. The third-order valence-corrected chi connectivity index (χ3v) is 4.95. The number of ether oxygens (including phenoxy) is 1. The second-order valence-electron chi connectivity index (χ2n) is 5.65. The molecule has 1 atom stereocenters. The smallest absolute Gasteiger partial charge is 0.328 e. The first-order valence-corrected chi connectivity index (χ1v) is 8.76. The maximum atomic E-state index is 11.9. The molecule has 0 bridgehead atoms. The van der Waals surface area contributed by atoms with E-state index in [1.165, 1.54) is 14.0 Å². The van der Waals surface area contributed by atoms with Crippen molar-refractivity contribution in [3.8, 4) is 0 Å². The number of amides is 1. The standard InChI is InChI=1S/C13H24N2O5S/c1-9-4-6-11(7-5-9)15-21(18,19)8-12(16)14-10(2)13(17)20-3/h9-11,15H,4-8H2,1-3H3,(H,14,16)/t9?,10-,11?/m1/s1. The van der Waals surface area contributed by atoms with E-state index in [4.69, 9.17) is 0 Å². The van der Waals surface area contributed by atoms with E-state index in [9.17, 15) is 18.0 Å². The molecule has 1 rings (SSSR count). The van der Waals surface area contributed by atoms with E-state index >= 15 is 0 Å². The number of esters is 1. The summed E-state index contributed by atoms with van der Waals surface area (Å²) in [5.74, 6) is -1.39. The molecule has 1 aliphatic rings. The fraction of sp³-hybridized carbons (Fsp3) is 0.846. The molecular weight excluding hydrogens is 296 g/mol. The first kappa shape index (κ1) is 17.9. The first-order chi connectivity index (χ1) is 9.73. The summed E-state index contributed by atoms with van der Waals surface area (Å²) in [5.41, 5.74) is 0. The molecule has 0 spiro atoms. The molecule has 122 valence electrons. The minimum Gasteiger partial charge on any atom is -0.467 e.